The highest BCUT2D eigenvalue weighted by Crippen LogP contribution is 2.50. The van der Waals surface area contributed by atoms with E-state index < -0.39 is 16.6 Å². The molecule has 0 radical (unpaired) electrons. The summed E-state index contributed by atoms with van der Waals surface area (Å²) < 4.78 is 0. The largest absolute Gasteiger partial charge is 0.389 e. The molecule has 2 nitrogen and oxygen atoms in total. The van der Waals surface area contributed by atoms with Gasteiger partial charge in [0.1, 0.15) is 0 Å². The van der Waals surface area contributed by atoms with Gasteiger partial charge in [0.15, 0.2) is 0 Å². The first-order valence-corrected chi connectivity index (χ1v) is 8.24. The van der Waals surface area contributed by atoms with Crippen molar-refractivity contribution in [1.29, 1.82) is 0 Å². The van der Waals surface area contributed by atoms with Crippen molar-refractivity contribution >= 4 is 0 Å². The minimum atomic E-state index is -0.980. The van der Waals surface area contributed by atoms with Gasteiger partial charge >= 0.3 is 0 Å². The van der Waals surface area contributed by atoms with Crippen LogP contribution in [-0.2, 0) is 5.41 Å². The summed E-state index contributed by atoms with van der Waals surface area (Å²) in [5.41, 5.74) is 6.66. The zero-order valence-electron chi connectivity index (χ0n) is 14.9. The molecule has 0 aromatic heterocycles. The first-order chi connectivity index (χ1) is 10.6. The Labute approximate surface area is 140 Å². The van der Waals surface area contributed by atoms with Gasteiger partial charge in [-0.2, -0.15) is 0 Å². The Morgan fingerprint density at radius 2 is 1.13 bits per heavy atom. The molecular formula is C21H29NO. The summed E-state index contributed by atoms with van der Waals surface area (Å²) in [7, 11) is 0. The van der Waals surface area contributed by atoms with Crippen LogP contribution in [0, 0.1) is 5.92 Å². The van der Waals surface area contributed by atoms with Crippen molar-refractivity contribution in [1.82, 2.24) is 0 Å². The SMILES string of the molecule is C[C@H](C(C)(C)N)C(c1ccccc1)(c1ccccc1)C(C)(C)O. The molecular weight excluding hydrogens is 282 g/mol. The first-order valence-electron chi connectivity index (χ1n) is 8.24. The van der Waals surface area contributed by atoms with E-state index in [1.54, 1.807) is 0 Å². The van der Waals surface area contributed by atoms with Gasteiger partial charge in [-0.25, -0.2) is 0 Å². The third-order valence-corrected chi connectivity index (χ3v) is 5.19. The van der Waals surface area contributed by atoms with Crippen molar-refractivity contribution in [2.45, 2.75) is 51.2 Å². The second-order valence-electron chi connectivity index (χ2n) is 7.64. The van der Waals surface area contributed by atoms with Crippen molar-refractivity contribution in [3.8, 4) is 0 Å². The fourth-order valence-corrected chi connectivity index (χ4v) is 3.86. The molecule has 2 aromatic rings. The van der Waals surface area contributed by atoms with E-state index in [1.807, 2.05) is 64.1 Å². The molecule has 1 atom stereocenters. The van der Waals surface area contributed by atoms with Gasteiger partial charge in [0.2, 0.25) is 0 Å². The Morgan fingerprint density at radius 1 is 0.783 bits per heavy atom. The van der Waals surface area contributed by atoms with Crippen LogP contribution in [0.25, 0.3) is 0 Å². The monoisotopic (exact) mass is 311 g/mol. The molecule has 0 spiro atoms. The van der Waals surface area contributed by atoms with Gasteiger partial charge < -0.3 is 10.8 Å². The van der Waals surface area contributed by atoms with Gasteiger partial charge in [-0.1, -0.05) is 67.6 Å². The molecule has 0 aliphatic heterocycles. The van der Waals surface area contributed by atoms with Crippen molar-refractivity contribution < 1.29 is 5.11 Å². The Bertz CT molecular complexity index is 581. The zero-order valence-corrected chi connectivity index (χ0v) is 14.9. The second-order valence-corrected chi connectivity index (χ2v) is 7.64. The standard InChI is InChI=1S/C21H29NO/c1-16(19(2,3)22)21(20(4,5)23,17-12-8-6-9-13-17)18-14-10-7-11-15-18/h6-16,23H,22H2,1-5H3/t16-/m1/s1. The van der Waals surface area contributed by atoms with Crippen molar-refractivity contribution in [3.05, 3.63) is 71.8 Å². The molecule has 2 heteroatoms. The first kappa shape index (κ1) is 17.7. The third-order valence-electron chi connectivity index (χ3n) is 5.19. The molecule has 3 N–H and O–H groups in total. The quantitative estimate of drug-likeness (QED) is 0.872. The lowest BCUT2D eigenvalue weighted by atomic mass is 9.54. The minimum Gasteiger partial charge on any atom is -0.389 e. The van der Waals surface area contributed by atoms with E-state index in [-0.39, 0.29) is 5.92 Å². The molecule has 0 saturated carbocycles. The molecule has 0 bridgehead atoms. The summed E-state index contributed by atoms with van der Waals surface area (Å²) in [6.07, 6.45) is 0. The lowest BCUT2D eigenvalue weighted by Crippen LogP contribution is -2.60. The smallest absolute Gasteiger partial charge is 0.0731 e. The molecule has 124 valence electrons. The molecule has 0 amide bonds. The number of aliphatic hydroxyl groups is 1. The van der Waals surface area contributed by atoms with Gasteiger partial charge in [0.05, 0.1) is 11.0 Å². The highest BCUT2D eigenvalue weighted by atomic mass is 16.3. The molecule has 2 aromatic carbocycles. The van der Waals surface area contributed by atoms with Crippen LogP contribution in [0.1, 0.15) is 45.7 Å². The fourth-order valence-electron chi connectivity index (χ4n) is 3.86. The van der Waals surface area contributed by atoms with Gasteiger partial charge in [0, 0.05) is 5.54 Å². The van der Waals surface area contributed by atoms with E-state index in [4.69, 9.17) is 5.73 Å². The summed E-state index contributed by atoms with van der Waals surface area (Å²) in [5.74, 6) is 0.0137. The molecule has 23 heavy (non-hydrogen) atoms. The summed E-state index contributed by atoms with van der Waals surface area (Å²) in [6, 6.07) is 20.5. The summed E-state index contributed by atoms with van der Waals surface area (Å²) in [4.78, 5) is 0. The van der Waals surface area contributed by atoms with Crippen LogP contribution in [0.4, 0.5) is 0 Å². The van der Waals surface area contributed by atoms with Crippen LogP contribution in [0.15, 0.2) is 60.7 Å². The Morgan fingerprint density at radius 3 is 1.39 bits per heavy atom. The van der Waals surface area contributed by atoms with Crippen LogP contribution in [-0.4, -0.2) is 16.2 Å². The van der Waals surface area contributed by atoms with E-state index >= 15 is 0 Å². The average molecular weight is 311 g/mol. The summed E-state index contributed by atoms with van der Waals surface area (Å²) >= 11 is 0. The van der Waals surface area contributed by atoms with Gasteiger partial charge in [-0.05, 0) is 44.7 Å². The molecule has 0 heterocycles. The minimum absolute atomic E-state index is 0.0137. The second kappa shape index (κ2) is 6.10. The maximum Gasteiger partial charge on any atom is 0.0731 e. The molecule has 0 saturated heterocycles. The van der Waals surface area contributed by atoms with Gasteiger partial charge in [0.25, 0.3) is 0 Å². The Balaban J connectivity index is 2.86. The third kappa shape index (κ3) is 3.06. The van der Waals surface area contributed by atoms with Crippen LogP contribution < -0.4 is 5.73 Å². The van der Waals surface area contributed by atoms with Crippen LogP contribution in [0.2, 0.25) is 0 Å². The van der Waals surface area contributed by atoms with Crippen molar-refractivity contribution in [3.63, 3.8) is 0 Å². The van der Waals surface area contributed by atoms with Crippen molar-refractivity contribution in [2.24, 2.45) is 11.7 Å². The Kier molecular flexibility index (Phi) is 4.70. The normalized spacial score (nSPS) is 14.6. The van der Waals surface area contributed by atoms with E-state index in [9.17, 15) is 5.11 Å². The van der Waals surface area contributed by atoms with E-state index in [0.717, 1.165) is 11.1 Å². The van der Waals surface area contributed by atoms with Gasteiger partial charge in [-0.3, -0.25) is 0 Å². The van der Waals surface area contributed by atoms with Crippen LogP contribution in [0.5, 0.6) is 0 Å². The maximum atomic E-state index is 11.3. The van der Waals surface area contributed by atoms with Gasteiger partial charge in [-0.15, -0.1) is 0 Å². The molecule has 2 rings (SSSR count). The van der Waals surface area contributed by atoms with E-state index in [1.165, 1.54) is 0 Å². The number of nitrogens with two attached hydrogens (primary N) is 1. The topological polar surface area (TPSA) is 46.2 Å². The lowest BCUT2D eigenvalue weighted by molar-refractivity contribution is -0.0273. The van der Waals surface area contributed by atoms with Crippen molar-refractivity contribution in [2.75, 3.05) is 0 Å². The molecule has 0 aliphatic rings. The van der Waals surface area contributed by atoms with E-state index in [2.05, 4.69) is 31.2 Å². The maximum absolute atomic E-state index is 11.3. The fraction of sp³-hybridized carbons (Fsp3) is 0.429. The lowest BCUT2D eigenvalue weighted by Gasteiger charge is -2.52. The molecule has 0 fully saturated rings. The number of benzene rings is 2. The number of rotatable bonds is 5. The van der Waals surface area contributed by atoms with Crippen LogP contribution >= 0.6 is 0 Å². The predicted molar refractivity (Wildman–Crippen MR) is 97.4 cm³/mol. The summed E-state index contributed by atoms with van der Waals surface area (Å²) in [6.45, 7) is 9.97. The summed E-state index contributed by atoms with van der Waals surface area (Å²) in [5, 5.41) is 11.3. The predicted octanol–water partition coefficient (Wildman–Crippen LogP) is 4.12. The number of hydrogen-bond donors (Lipinski definition) is 2. The molecule has 0 aliphatic carbocycles. The van der Waals surface area contributed by atoms with E-state index in [0.29, 0.717) is 0 Å². The zero-order chi connectivity index (χ0) is 17.3. The highest BCUT2D eigenvalue weighted by molar-refractivity contribution is 5.44. The molecule has 0 unspecified atom stereocenters. The van der Waals surface area contributed by atoms with Crippen LogP contribution in [0.3, 0.4) is 0 Å². The number of hydrogen-bond acceptors (Lipinski definition) is 2. The Hall–Kier alpha value is -1.64. The average Bonchev–Trinajstić information content (AvgIpc) is 2.48. The highest BCUT2D eigenvalue weighted by Gasteiger charge is 2.53.